The molecule has 0 aliphatic carbocycles. The Bertz CT molecular complexity index is 922. The zero-order valence-electron chi connectivity index (χ0n) is 13.3. The second kappa shape index (κ2) is 5.53. The van der Waals surface area contributed by atoms with Crippen LogP contribution in [0.2, 0.25) is 0 Å². The third-order valence-electron chi connectivity index (χ3n) is 4.25. The lowest BCUT2D eigenvalue weighted by Crippen LogP contribution is -2.36. The van der Waals surface area contributed by atoms with Crippen LogP contribution >= 0.6 is 0 Å². The van der Waals surface area contributed by atoms with Crippen molar-refractivity contribution >= 4 is 26.7 Å². The molecule has 23 heavy (non-hydrogen) atoms. The second-order valence-electron chi connectivity index (χ2n) is 6.11. The van der Waals surface area contributed by atoms with Crippen molar-refractivity contribution < 1.29 is 17.6 Å². The van der Waals surface area contributed by atoms with E-state index in [9.17, 15) is 13.2 Å². The molecule has 0 saturated heterocycles. The summed E-state index contributed by atoms with van der Waals surface area (Å²) in [5.41, 5.74) is 4.93. The summed E-state index contributed by atoms with van der Waals surface area (Å²) in [7, 11) is -3.17. The monoisotopic (exact) mass is 333 g/mol. The Hall–Kier alpha value is -2.08. The van der Waals surface area contributed by atoms with Gasteiger partial charge in [-0.15, -0.1) is 0 Å². The van der Waals surface area contributed by atoms with Gasteiger partial charge in [0.05, 0.1) is 24.5 Å². The van der Waals surface area contributed by atoms with Crippen LogP contribution in [0.4, 0.5) is 0 Å². The van der Waals surface area contributed by atoms with Crippen LogP contribution in [0.3, 0.4) is 0 Å². The molecule has 2 heterocycles. The molecule has 1 aliphatic rings. The Balaban J connectivity index is 1.81. The topological polar surface area (TPSA) is 76.4 Å². The molecule has 3 rings (SSSR count). The van der Waals surface area contributed by atoms with Crippen molar-refractivity contribution in [2.75, 3.05) is 5.75 Å². The van der Waals surface area contributed by atoms with Gasteiger partial charge >= 0.3 is 0 Å². The molecule has 6 heteroatoms. The lowest BCUT2D eigenvalue weighted by molar-refractivity contribution is -0.120. The van der Waals surface area contributed by atoms with Crippen molar-refractivity contribution in [1.29, 1.82) is 0 Å². The third-order valence-corrected chi connectivity index (χ3v) is 5.65. The maximum atomic E-state index is 12.2. The number of hydrogen-bond acceptors (Lipinski definition) is 4. The first-order valence-corrected chi connectivity index (χ1v) is 9.15. The third kappa shape index (κ3) is 3.03. The summed E-state index contributed by atoms with van der Waals surface area (Å²) in [6.45, 7) is 6.03. The van der Waals surface area contributed by atoms with Gasteiger partial charge in [-0.2, -0.15) is 0 Å². The van der Waals surface area contributed by atoms with E-state index in [1.807, 2.05) is 20.8 Å². The molecule has 0 bridgehead atoms. The molecule has 1 N–H and O–H groups in total. The lowest BCUT2D eigenvalue weighted by Gasteiger charge is -2.10. The van der Waals surface area contributed by atoms with Gasteiger partial charge < -0.3 is 9.73 Å². The number of aryl methyl sites for hydroxylation is 3. The van der Waals surface area contributed by atoms with Crippen LogP contribution in [0.1, 0.15) is 22.3 Å². The van der Waals surface area contributed by atoms with Gasteiger partial charge in [0.15, 0.2) is 9.84 Å². The van der Waals surface area contributed by atoms with Gasteiger partial charge in [0.1, 0.15) is 5.58 Å². The average molecular weight is 333 g/mol. The minimum atomic E-state index is -3.17. The van der Waals surface area contributed by atoms with E-state index < -0.39 is 15.9 Å². The molecule has 122 valence electrons. The number of benzene rings is 1. The normalized spacial score (nSPS) is 19.3. The van der Waals surface area contributed by atoms with Crippen LogP contribution in [-0.2, 0) is 21.1 Å². The van der Waals surface area contributed by atoms with Crippen molar-refractivity contribution in [3.63, 3.8) is 0 Å². The highest BCUT2D eigenvalue weighted by molar-refractivity contribution is 7.94. The number of sulfone groups is 1. The van der Waals surface area contributed by atoms with E-state index in [0.29, 0.717) is 0 Å². The van der Waals surface area contributed by atoms with Gasteiger partial charge in [-0.1, -0.05) is 6.07 Å². The van der Waals surface area contributed by atoms with Gasteiger partial charge in [-0.25, -0.2) is 8.42 Å². The Morgan fingerprint density at radius 3 is 2.70 bits per heavy atom. The Morgan fingerprint density at radius 1 is 1.30 bits per heavy atom. The Labute approximate surface area is 135 Å². The first kappa shape index (κ1) is 15.8. The van der Waals surface area contributed by atoms with Crippen LogP contribution in [0.5, 0.6) is 0 Å². The number of hydrogen-bond donors (Lipinski definition) is 1. The summed E-state index contributed by atoms with van der Waals surface area (Å²) >= 11 is 0. The molecule has 1 amide bonds. The summed E-state index contributed by atoms with van der Waals surface area (Å²) in [6, 6.07) is 1.64. The van der Waals surface area contributed by atoms with Crippen LogP contribution < -0.4 is 5.32 Å². The SMILES string of the molecule is Cc1cc(C)c2c(CC(=O)N[C@@H]3C=CS(=O)(=O)C3)coc2c1C. The molecule has 1 aliphatic heterocycles. The molecule has 0 saturated carbocycles. The molecular formula is C17H19NO4S. The second-order valence-corrected chi connectivity index (χ2v) is 8.04. The minimum absolute atomic E-state index is 0.0673. The van der Waals surface area contributed by atoms with Crippen LogP contribution in [-0.4, -0.2) is 26.1 Å². The number of nitrogens with one attached hydrogen (secondary N) is 1. The van der Waals surface area contributed by atoms with E-state index in [0.717, 1.165) is 38.6 Å². The number of carbonyl (C=O) groups is 1. The first-order valence-electron chi connectivity index (χ1n) is 7.44. The summed E-state index contributed by atoms with van der Waals surface area (Å²) in [4.78, 5) is 12.2. The van der Waals surface area contributed by atoms with Crippen molar-refractivity contribution in [1.82, 2.24) is 5.32 Å². The highest BCUT2D eigenvalue weighted by atomic mass is 32.2. The maximum absolute atomic E-state index is 12.2. The quantitative estimate of drug-likeness (QED) is 0.935. The van der Waals surface area contributed by atoms with Crippen molar-refractivity contribution in [3.05, 3.63) is 46.1 Å². The standard InChI is InChI=1S/C17H19NO4S/c1-10-6-11(2)16-13(8-22-17(16)12(10)3)7-15(19)18-14-4-5-23(20,21)9-14/h4-6,8,14H,7,9H2,1-3H3,(H,18,19)/t14-/m1/s1. The summed E-state index contributed by atoms with van der Waals surface area (Å²) in [6.07, 6.45) is 3.30. The predicted octanol–water partition coefficient (Wildman–Crippen LogP) is 2.33. The number of rotatable bonds is 3. The van der Waals surface area contributed by atoms with E-state index in [1.165, 1.54) is 6.08 Å². The molecule has 1 aromatic heterocycles. The van der Waals surface area contributed by atoms with Gasteiger partial charge in [-0.05, 0) is 43.5 Å². The highest BCUT2D eigenvalue weighted by Crippen LogP contribution is 2.30. The zero-order chi connectivity index (χ0) is 16.8. The summed E-state index contributed by atoms with van der Waals surface area (Å²) < 4.78 is 28.4. The van der Waals surface area contributed by atoms with Crippen molar-refractivity contribution in [2.45, 2.75) is 33.2 Å². The predicted molar refractivity (Wildman–Crippen MR) is 89.0 cm³/mol. The fourth-order valence-electron chi connectivity index (χ4n) is 3.01. The molecule has 0 radical (unpaired) electrons. The average Bonchev–Trinajstić information content (AvgIpc) is 3.00. The molecule has 1 aromatic carbocycles. The molecule has 5 nitrogen and oxygen atoms in total. The van der Waals surface area contributed by atoms with E-state index in [1.54, 1.807) is 6.26 Å². The van der Waals surface area contributed by atoms with Crippen LogP contribution in [0.25, 0.3) is 11.0 Å². The number of carbonyl (C=O) groups excluding carboxylic acids is 1. The molecule has 2 aromatic rings. The maximum Gasteiger partial charge on any atom is 0.225 e. The van der Waals surface area contributed by atoms with Gasteiger partial charge in [0.2, 0.25) is 5.91 Å². The molecule has 0 spiro atoms. The fraction of sp³-hybridized carbons (Fsp3) is 0.353. The molecule has 0 unspecified atom stereocenters. The summed E-state index contributed by atoms with van der Waals surface area (Å²) in [5.74, 6) is -0.278. The Morgan fingerprint density at radius 2 is 2.04 bits per heavy atom. The minimum Gasteiger partial charge on any atom is -0.464 e. The highest BCUT2D eigenvalue weighted by Gasteiger charge is 2.23. The van der Waals surface area contributed by atoms with E-state index in [2.05, 4.69) is 11.4 Å². The zero-order valence-corrected chi connectivity index (χ0v) is 14.2. The smallest absolute Gasteiger partial charge is 0.225 e. The van der Waals surface area contributed by atoms with E-state index >= 15 is 0 Å². The van der Waals surface area contributed by atoms with Crippen LogP contribution in [0.15, 0.2) is 28.2 Å². The van der Waals surface area contributed by atoms with Gasteiger partial charge in [-0.3, -0.25) is 4.79 Å². The number of furan rings is 1. The van der Waals surface area contributed by atoms with Crippen LogP contribution in [0, 0.1) is 20.8 Å². The number of amides is 1. The van der Waals surface area contributed by atoms with Gasteiger partial charge in [0, 0.05) is 16.4 Å². The largest absolute Gasteiger partial charge is 0.464 e. The Kier molecular flexibility index (Phi) is 3.80. The molecule has 0 fully saturated rings. The van der Waals surface area contributed by atoms with Gasteiger partial charge in [0.25, 0.3) is 0 Å². The van der Waals surface area contributed by atoms with Crippen molar-refractivity contribution in [3.8, 4) is 0 Å². The number of fused-ring (bicyclic) bond motifs is 1. The fourth-order valence-corrected chi connectivity index (χ4v) is 4.25. The van der Waals surface area contributed by atoms with Crippen molar-refractivity contribution in [2.24, 2.45) is 0 Å². The first-order chi connectivity index (χ1) is 10.8. The van der Waals surface area contributed by atoms with E-state index in [4.69, 9.17) is 4.42 Å². The molecular weight excluding hydrogens is 314 g/mol. The lowest BCUT2D eigenvalue weighted by atomic mass is 9.99. The van der Waals surface area contributed by atoms with E-state index in [-0.39, 0.29) is 18.1 Å². The molecule has 1 atom stereocenters. The summed E-state index contributed by atoms with van der Waals surface area (Å²) in [5, 5.41) is 4.86.